The maximum absolute atomic E-state index is 12.5. The van der Waals surface area contributed by atoms with Gasteiger partial charge in [-0.15, -0.1) is 0 Å². The standard InChI is InChI=1S/C20H21ClN2O4/c1-12(2)11-26-20(25)23-16-5-3-4-15(10-16)22-19(24)18-9-13-8-14(21)6-7-17(13)27-18/h3-8,10,12,18H,9,11H2,1-2H3,(H,22,24)(H,23,25). The highest BCUT2D eigenvalue weighted by Gasteiger charge is 2.29. The van der Waals surface area contributed by atoms with Gasteiger partial charge in [-0.25, -0.2) is 4.79 Å². The lowest BCUT2D eigenvalue weighted by molar-refractivity contribution is -0.122. The van der Waals surface area contributed by atoms with E-state index in [1.54, 1.807) is 42.5 Å². The first kappa shape index (κ1) is 19.0. The number of ether oxygens (including phenoxy) is 2. The molecule has 1 heterocycles. The van der Waals surface area contributed by atoms with Gasteiger partial charge in [0.1, 0.15) is 5.75 Å². The molecule has 7 heteroatoms. The number of benzene rings is 2. The van der Waals surface area contributed by atoms with E-state index in [9.17, 15) is 9.59 Å². The van der Waals surface area contributed by atoms with E-state index in [2.05, 4.69) is 10.6 Å². The highest BCUT2D eigenvalue weighted by molar-refractivity contribution is 6.30. The summed E-state index contributed by atoms with van der Waals surface area (Å²) >= 11 is 5.98. The monoisotopic (exact) mass is 388 g/mol. The average molecular weight is 389 g/mol. The summed E-state index contributed by atoms with van der Waals surface area (Å²) in [6.45, 7) is 4.26. The zero-order chi connectivity index (χ0) is 19.4. The fourth-order valence-corrected chi connectivity index (χ4v) is 2.85. The fourth-order valence-electron chi connectivity index (χ4n) is 2.66. The number of anilines is 2. The number of amides is 2. The Morgan fingerprint density at radius 3 is 2.67 bits per heavy atom. The third-order valence-electron chi connectivity index (χ3n) is 3.91. The summed E-state index contributed by atoms with van der Waals surface area (Å²) in [5.41, 5.74) is 1.99. The normalized spacial score (nSPS) is 15.0. The number of hydrogen-bond donors (Lipinski definition) is 2. The van der Waals surface area contributed by atoms with Gasteiger partial charge in [-0.1, -0.05) is 31.5 Å². The van der Waals surface area contributed by atoms with Gasteiger partial charge in [0.25, 0.3) is 5.91 Å². The van der Waals surface area contributed by atoms with Gasteiger partial charge < -0.3 is 14.8 Å². The largest absolute Gasteiger partial charge is 0.480 e. The third-order valence-corrected chi connectivity index (χ3v) is 4.15. The molecule has 2 aromatic carbocycles. The summed E-state index contributed by atoms with van der Waals surface area (Å²) in [5.74, 6) is 0.663. The first-order valence-corrected chi connectivity index (χ1v) is 9.08. The first-order chi connectivity index (χ1) is 12.9. The second-order valence-corrected chi connectivity index (χ2v) is 7.19. The van der Waals surface area contributed by atoms with E-state index >= 15 is 0 Å². The van der Waals surface area contributed by atoms with E-state index < -0.39 is 12.2 Å². The maximum Gasteiger partial charge on any atom is 0.411 e. The molecule has 27 heavy (non-hydrogen) atoms. The molecule has 1 atom stereocenters. The Kier molecular flexibility index (Phi) is 5.86. The molecule has 142 valence electrons. The van der Waals surface area contributed by atoms with Crippen molar-refractivity contribution in [2.24, 2.45) is 5.92 Å². The molecule has 0 radical (unpaired) electrons. The number of halogens is 1. The number of carbonyl (C=O) groups excluding carboxylic acids is 2. The minimum absolute atomic E-state index is 0.256. The molecule has 0 bridgehead atoms. The molecule has 3 rings (SSSR count). The van der Waals surface area contributed by atoms with Crippen molar-refractivity contribution in [3.8, 4) is 5.75 Å². The van der Waals surface area contributed by atoms with Crippen LogP contribution < -0.4 is 15.4 Å². The van der Waals surface area contributed by atoms with E-state index in [0.29, 0.717) is 35.2 Å². The van der Waals surface area contributed by atoms with Gasteiger partial charge in [0.15, 0.2) is 6.10 Å². The van der Waals surface area contributed by atoms with E-state index in [-0.39, 0.29) is 11.8 Å². The lowest BCUT2D eigenvalue weighted by Crippen LogP contribution is -2.31. The Hall–Kier alpha value is -2.73. The molecular formula is C20H21ClN2O4. The average Bonchev–Trinajstić information content (AvgIpc) is 3.03. The topological polar surface area (TPSA) is 76.7 Å². The van der Waals surface area contributed by atoms with Crippen molar-refractivity contribution in [2.75, 3.05) is 17.2 Å². The van der Waals surface area contributed by atoms with Crippen LogP contribution in [0, 0.1) is 5.92 Å². The molecule has 2 amide bonds. The smallest absolute Gasteiger partial charge is 0.411 e. The molecule has 0 saturated heterocycles. The molecule has 1 unspecified atom stereocenters. The highest BCUT2D eigenvalue weighted by atomic mass is 35.5. The van der Waals surface area contributed by atoms with Crippen LogP contribution in [0.25, 0.3) is 0 Å². The zero-order valence-corrected chi connectivity index (χ0v) is 15.9. The molecule has 0 saturated carbocycles. The van der Waals surface area contributed by atoms with Gasteiger partial charge in [0, 0.05) is 22.8 Å². The molecule has 0 aromatic heterocycles. The molecule has 2 aromatic rings. The van der Waals surface area contributed by atoms with Crippen LogP contribution in [0.15, 0.2) is 42.5 Å². The molecule has 0 aliphatic carbocycles. The van der Waals surface area contributed by atoms with Crippen molar-refractivity contribution in [3.05, 3.63) is 53.1 Å². The van der Waals surface area contributed by atoms with Crippen molar-refractivity contribution >= 4 is 35.0 Å². The van der Waals surface area contributed by atoms with Gasteiger partial charge in [0.05, 0.1) is 6.61 Å². The number of nitrogens with one attached hydrogen (secondary N) is 2. The van der Waals surface area contributed by atoms with E-state index in [1.807, 2.05) is 13.8 Å². The van der Waals surface area contributed by atoms with Crippen molar-refractivity contribution in [1.29, 1.82) is 0 Å². The van der Waals surface area contributed by atoms with Crippen LogP contribution in [-0.4, -0.2) is 24.7 Å². The fraction of sp³-hybridized carbons (Fsp3) is 0.300. The second-order valence-electron chi connectivity index (χ2n) is 6.75. The summed E-state index contributed by atoms with van der Waals surface area (Å²) < 4.78 is 10.8. The second kappa shape index (κ2) is 8.31. The van der Waals surface area contributed by atoms with Gasteiger partial charge in [0.2, 0.25) is 0 Å². The van der Waals surface area contributed by atoms with Gasteiger partial charge >= 0.3 is 6.09 Å². The first-order valence-electron chi connectivity index (χ1n) is 8.70. The number of rotatable bonds is 5. The van der Waals surface area contributed by atoms with Crippen LogP contribution in [0.4, 0.5) is 16.2 Å². The lowest BCUT2D eigenvalue weighted by Gasteiger charge is -2.13. The Balaban J connectivity index is 1.58. The Labute approximate surface area is 162 Å². The van der Waals surface area contributed by atoms with Gasteiger partial charge in [-0.05, 0) is 47.9 Å². The van der Waals surface area contributed by atoms with Gasteiger partial charge in [-0.2, -0.15) is 0 Å². The van der Waals surface area contributed by atoms with Crippen molar-refractivity contribution in [1.82, 2.24) is 0 Å². The van der Waals surface area contributed by atoms with Crippen molar-refractivity contribution in [3.63, 3.8) is 0 Å². The Morgan fingerprint density at radius 2 is 1.93 bits per heavy atom. The lowest BCUT2D eigenvalue weighted by atomic mass is 10.1. The Bertz CT molecular complexity index is 854. The predicted molar refractivity (Wildman–Crippen MR) is 104 cm³/mol. The number of hydrogen-bond acceptors (Lipinski definition) is 4. The summed E-state index contributed by atoms with van der Waals surface area (Å²) in [6.07, 6.45) is -0.689. The third kappa shape index (κ3) is 5.14. The molecule has 2 N–H and O–H groups in total. The van der Waals surface area contributed by atoms with Crippen LogP contribution in [0.1, 0.15) is 19.4 Å². The summed E-state index contributed by atoms with van der Waals surface area (Å²) in [4.78, 5) is 24.3. The van der Waals surface area contributed by atoms with Crippen LogP contribution >= 0.6 is 11.6 Å². The van der Waals surface area contributed by atoms with E-state index in [0.717, 1.165) is 5.56 Å². The molecule has 6 nitrogen and oxygen atoms in total. The molecule has 1 aliphatic rings. The number of carbonyl (C=O) groups is 2. The summed E-state index contributed by atoms with van der Waals surface area (Å²) in [6, 6.07) is 12.1. The van der Waals surface area contributed by atoms with Crippen molar-refractivity contribution in [2.45, 2.75) is 26.4 Å². The van der Waals surface area contributed by atoms with E-state index in [1.165, 1.54) is 0 Å². The summed E-state index contributed by atoms with van der Waals surface area (Å²) in [7, 11) is 0. The zero-order valence-electron chi connectivity index (χ0n) is 15.1. The molecule has 0 spiro atoms. The van der Waals surface area contributed by atoms with Crippen LogP contribution in [-0.2, 0) is 16.0 Å². The molecular weight excluding hydrogens is 368 g/mol. The maximum atomic E-state index is 12.5. The predicted octanol–water partition coefficient (Wildman–Crippen LogP) is 4.49. The van der Waals surface area contributed by atoms with Crippen LogP contribution in [0.3, 0.4) is 0 Å². The minimum atomic E-state index is -0.619. The van der Waals surface area contributed by atoms with Crippen LogP contribution in [0.5, 0.6) is 5.75 Å². The summed E-state index contributed by atoms with van der Waals surface area (Å²) in [5, 5.41) is 6.06. The Morgan fingerprint density at radius 1 is 1.19 bits per heavy atom. The SMILES string of the molecule is CC(C)COC(=O)Nc1cccc(NC(=O)C2Cc3cc(Cl)ccc3O2)c1. The van der Waals surface area contributed by atoms with Crippen molar-refractivity contribution < 1.29 is 19.1 Å². The highest BCUT2D eigenvalue weighted by Crippen LogP contribution is 2.31. The molecule has 0 fully saturated rings. The number of fused-ring (bicyclic) bond motifs is 1. The quantitative estimate of drug-likeness (QED) is 0.791. The van der Waals surface area contributed by atoms with E-state index in [4.69, 9.17) is 21.1 Å². The minimum Gasteiger partial charge on any atom is -0.480 e. The van der Waals surface area contributed by atoms with Crippen LogP contribution in [0.2, 0.25) is 5.02 Å². The molecule has 1 aliphatic heterocycles. The van der Waals surface area contributed by atoms with Gasteiger partial charge in [-0.3, -0.25) is 10.1 Å².